The maximum Gasteiger partial charge on any atom is 0.599 e. The number of carbonyl (C=O) groups is 2. The molecular weight excluding hydrogens is 280 g/mol. The maximum atomic E-state index is 10.9. The van der Waals surface area contributed by atoms with E-state index in [1.807, 2.05) is 0 Å². The van der Waals surface area contributed by atoms with Crippen LogP contribution in [0.4, 0.5) is 0 Å². The van der Waals surface area contributed by atoms with Gasteiger partial charge in [0.15, 0.2) is 0 Å². The number of rotatable bonds is 4. The van der Waals surface area contributed by atoms with Gasteiger partial charge in [-0.3, -0.25) is 29.8 Å². The van der Waals surface area contributed by atoms with Crippen LogP contribution in [-0.4, -0.2) is 34.2 Å². The van der Waals surface area contributed by atoms with Gasteiger partial charge in [0.1, 0.15) is 9.85 Å². The van der Waals surface area contributed by atoms with Gasteiger partial charge < -0.3 is 20.1 Å². The number of nitrogens with one attached hydrogen (secondary N) is 2. The molecule has 1 aliphatic rings. The number of nitrogens with zero attached hydrogens (tertiary/aromatic N) is 2. The average molecular weight is 290 g/mol. The van der Waals surface area contributed by atoms with Crippen molar-refractivity contribution in [3.8, 4) is 0 Å². The van der Waals surface area contributed by atoms with Crippen LogP contribution in [0.1, 0.15) is 13.8 Å². The zero-order chi connectivity index (χ0) is 15.4. The van der Waals surface area contributed by atoms with E-state index in [9.17, 15) is 29.8 Å². The molecule has 0 saturated carbocycles. The molecule has 0 aromatic heterocycles. The fourth-order valence-corrected chi connectivity index (χ4v) is 1.40. The Morgan fingerprint density at radius 1 is 1.00 bits per heavy atom. The van der Waals surface area contributed by atoms with E-state index in [0.717, 1.165) is 13.8 Å². The fraction of sp³-hybridized carbons (Fsp3) is 0.500. The van der Waals surface area contributed by atoms with Crippen molar-refractivity contribution in [3.05, 3.63) is 31.9 Å². The summed E-state index contributed by atoms with van der Waals surface area (Å²) in [6.07, 6.45) is -2.64. The van der Waals surface area contributed by atoms with Crippen molar-refractivity contribution in [2.45, 2.75) is 26.3 Å². The fourth-order valence-electron chi connectivity index (χ4n) is 1.40. The first kappa shape index (κ1) is 15.1. The molecule has 0 radical (unpaired) electrons. The third-order valence-corrected chi connectivity index (χ3v) is 2.00. The first-order chi connectivity index (χ1) is 9.22. The molecule has 0 amide bonds. The second kappa shape index (κ2) is 5.81. The van der Waals surface area contributed by atoms with Crippen molar-refractivity contribution < 1.29 is 28.9 Å². The highest BCUT2D eigenvalue weighted by atomic mass is 16.7. The molecule has 1 rings (SSSR count). The molecular formula is C8H10N4O8. The predicted octanol–water partition coefficient (Wildman–Crippen LogP) is -1.36. The maximum absolute atomic E-state index is 10.9. The van der Waals surface area contributed by atoms with E-state index in [-0.39, 0.29) is 0 Å². The summed E-state index contributed by atoms with van der Waals surface area (Å²) in [5.41, 5.74) is 0. The van der Waals surface area contributed by atoms with E-state index in [1.165, 1.54) is 0 Å². The van der Waals surface area contributed by atoms with Gasteiger partial charge in [0, 0.05) is 13.8 Å². The minimum absolute atomic E-state index is 0.627. The summed E-state index contributed by atoms with van der Waals surface area (Å²) in [6, 6.07) is 0. The van der Waals surface area contributed by atoms with Gasteiger partial charge in [-0.25, -0.2) is 0 Å². The largest absolute Gasteiger partial charge is 0.599 e. The van der Waals surface area contributed by atoms with Gasteiger partial charge in [-0.2, -0.15) is 0 Å². The standard InChI is InChI=1S/C8H10N4O8/c1-3(13)19-6-7(20-4(2)14)10-5(9-6)8(11(15)16)12(17)18/h6-7,9-10H,1-2H3/t6-,7-/m1/s1. The van der Waals surface area contributed by atoms with Crippen molar-refractivity contribution in [1.82, 2.24) is 10.6 Å². The van der Waals surface area contributed by atoms with Crippen molar-refractivity contribution in [2.24, 2.45) is 0 Å². The summed E-state index contributed by atoms with van der Waals surface area (Å²) in [4.78, 5) is 40.4. The van der Waals surface area contributed by atoms with E-state index < -0.39 is 45.9 Å². The summed E-state index contributed by atoms with van der Waals surface area (Å²) in [5.74, 6) is -3.56. The molecule has 12 heteroatoms. The van der Waals surface area contributed by atoms with Crippen molar-refractivity contribution in [1.29, 1.82) is 0 Å². The molecule has 0 bridgehead atoms. The van der Waals surface area contributed by atoms with Gasteiger partial charge in [-0.15, -0.1) is 0 Å². The number of hydrogen-bond acceptors (Lipinski definition) is 10. The van der Waals surface area contributed by atoms with Crippen LogP contribution in [0, 0.1) is 20.2 Å². The molecule has 2 N–H and O–H groups in total. The number of ether oxygens (including phenoxy) is 2. The van der Waals surface area contributed by atoms with Gasteiger partial charge in [-0.1, -0.05) is 0 Å². The molecule has 0 aromatic rings. The SMILES string of the molecule is CC(=O)O[C@H]1NC(=C([N+](=O)[O-])[N+](=O)[O-])N[C@@H]1OC(C)=O. The highest BCUT2D eigenvalue weighted by Gasteiger charge is 2.44. The highest BCUT2D eigenvalue weighted by molar-refractivity contribution is 5.67. The third kappa shape index (κ3) is 3.54. The molecule has 12 nitrogen and oxygen atoms in total. The smallest absolute Gasteiger partial charge is 0.436 e. The molecule has 1 fully saturated rings. The Morgan fingerprint density at radius 3 is 1.60 bits per heavy atom. The van der Waals surface area contributed by atoms with Gasteiger partial charge in [0.25, 0.3) is 5.82 Å². The lowest BCUT2D eigenvalue weighted by Crippen LogP contribution is -2.40. The first-order valence-corrected chi connectivity index (χ1v) is 5.13. The average Bonchev–Trinajstić information content (AvgIpc) is 2.57. The lowest BCUT2D eigenvalue weighted by Gasteiger charge is -2.17. The normalized spacial score (nSPS) is 20.4. The van der Waals surface area contributed by atoms with Crippen LogP contribution in [-0.2, 0) is 19.1 Å². The van der Waals surface area contributed by atoms with Gasteiger partial charge in [0.05, 0.1) is 0 Å². The highest BCUT2D eigenvalue weighted by Crippen LogP contribution is 2.14. The second-order valence-corrected chi connectivity index (χ2v) is 3.56. The quantitative estimate of drug-likeness (QED) is 0.359. The third-order valence-electron chi connectivity index (χ3n) is 2.00. The van der Waals surface area contributed by atoms with Crippen LogP contribution in [0.15, 0.2) is 11.6 Å². The van der Waals surface area contributed by atoms with Gasteiger partial charge >= 0.3 is 17.8 Å². The Morgan fingerprint density at radius 2 is 1.35 bits per heavy atom. The summed E-state index contributed by atoms with van der Waals surface area (Å²) >= 11 is 0. The van der Waals surface area contributed by atoms with E-state index in [4.69, 9.17) is 9.47 Å². The van der Waals surface area contributed by atoms with Crippen LogP contribution in [0.3, 0.4) is 0 Å². The molecule has 0 aromatic carbocycles. The van der Waals surface area contributed by atoms with Gasteiger partial charge in [-0.05, 0) is 0 Å². The van der Waals surface area contributed by atoms with Crippen LogP contribution in [0.2, 0.25) is 0 Å². The van der Waals surface area contributed by atoms with Crippen LogP contribution in [0.5, 0.6) is 0 Å². The Balaban J connectivity index is 3.07. The van der Waals surface area contributed by atoms with Crippen LogP contribution in [0.25, 0.3) is 0 Å². The lowest BCUT2D eigenvalue weighted by atomic mass is 10.5. The molecule has 0 spiro atoms. The Bertz CT molecular complexity index is 459. The minimum atomic E-state index is -1.39. The molecule has 0 aliphatic carbocycles. The molecule has 0 unspecified atom stereocenters. The van der Waals surface area contributed by atoms with Crippen LogP contribution < -0.4 is 10.6 Å². The Hall–Kier alpha value is -2.92. The topological polar surface area (TPSA) is 163 Å². The number of esters is 2. The number of nitro groups is 2. The monoisotopic (exact) mass is 290 g/mol. The first-order valence-electron chi connectivity index (χ1n) is 5.13. The van der Waals surface area contributed by atoms with E-state index in [1.54, 1.807) is 0 Å². The summed E-state index contributed by atoms with van der Waals surface area (Å²) in [7, 11) is 0. The number of hydrogen-bond donors (Lipinski definition) is 2. The number of carbonyl (C=O) groups excluding carboxylic acids is 2. The molecule has 1 aliphatic heterocycles. The predicted molar refractivity (Wildman–Crippen MR) is 58.4 cm³/mol. The Labute approximate surface area is 111 Å². The van der Waals surface area contributed by atoms with E-state index in [0.29, 0.717) is 0 Å². The van der Waals surface area contributed by atoms with Gasteiger partial charge in [0.2, 0.25) is 12.5 Å². The molecule has 1 saturated heterocycles. The molecule has 20 heavy (non-hydrogen) atoms. The summed E-state index contributed by atoms with van der Waals surface area (Å²) < 4.78 is 9.39. The van der Waals surface area contributed by atoms with Crippen molar-refractivity contribution in [2.75, 3.05) is 0 Å². The van der Waals surface area contributed by atoms with Crippen LogP contribution >= 0.6 is 0 Å². The minimum Gasteiger partial charge on any atom is -0.436 e. The van der Waals surface area contributed by atoms with E-state index in [2.05, 4.69) is 10.6 Å². The summed E-state index contributed by atoms with van der Waals surface area (Å²) in [5, 5.41) is 25.6. The summed E-state index contributed by atoms with van der Waals surface area (Å²) in [6.45, 7) is 2.10. The molecule has 110 valence electrons. The van der Waals surface area contributed by atoms with E-state index >= 15 is 0 Å². The molecule has 2 atom stereocenters. The van der Waals surface area contributed by atoms with Crippen molar-refractivity contribution in [3.63, 3.8) is 0 Å². The lowest BCUT2D eigenvalue weighted by molar-refractivity contribution is -0.618. The molecule has 1 heterocycles. The zero-order valence-corrected chi connectivity index (χ0v) is 10.3. The van der Waals surface area contributed by atoms with Crippen molar-refractivity contribution >= 4 is 11.9 Å². The zero-order valence-electron chi connectivity index (χ0n) is 10.3. The second-order valence-electron chi connectivity index (χ2n) is 3.56. The Kier molecular flexibility index (Phi) is 4.40.